The van der Waals surface area contributed by atoms with Crippen molar-refractivity contribution in [3.8, 4) is 0 Å². The molecule has 1 rings (SSSR count). The van der Waals surface area contributed by atoms with Gasteiger partial charge in [-0.2, -0.15) is 0 Å². The summed E-state index contributed by atoms with van der Waals surface area (Å²) >= 11 is 0. The van der Waals surface area contributed by atoms with Crippen molar-refractivity contribution < 1.29 is 9.90 Å². The van der Waals surface area contributed by atoms with Gasteiger partial charge in [-0.15, -0.1) is 0 Å². The van der Waals surface area contributed by atoms with E-state index >= 15 is 0 Å². The van der Waals surface area contributed by atoms with Crippen LogP contribution in [0.2, 0.25) is 0 Å². The average molecular weight is 291 g/mol. The van der Waals surface area contributed by atoms with Crippen LogP contribution in [0.1, 0.15) is 46.6 Å². The molecule has 0 heterocycles. The third-order valence-electron chi connectivity index (χ3n) is 3.84. The Bertz CT molecular complexity index is 420. The number of benzene rings is 1. The van der Waals surface area contributed by atoms with E-state index < -0.39 is 6.10 Å². The quantitative estimate of drug-likeness (QED) is 0.837. The lowest BCUT2D eigenvalue weighted by Crippen LogP contribution is -2.43. The fourth-order valence-corrected chi connectivity index (χ4v) is 2.75. The Morgan fingerprint density at radius 3 is 2.05 bits per heavy atom. The highest BCUT2D eigenvalue weighted by molar-refractivity contribution is 5.77. The molecule has 0 saturated heterocycles. The maximum Gasteiger partial charge on any atom is 0.223 e. The first-order valence-corrected chi connectivity index (χ1v) is 7.86. The Hall–Kier alpha value is -1.35. The Balaban J connectivity index is 2.59. The third-order valence-corrected chi connectivity index (χ3v) is 3.84. The van der Waals surface area contributed by atoms with Crippen molar-refractivity contribution in [1.82, 2.24) is 4.90 Å². The van der Waals surface area contributed by atoms with Gasteiger partial charge in [-0.1, -0.05) is 37.3 Å². The minimum Gasteiger partial charge on any atom is -0.392 e. The predicted octanol–water partition coefficient (Wildman–Crippen LogP) is 3.26. The van der Waals surface area contributed by atoms with E-state index in [4.69, 9.17) is 0 Å². The van der Waals surface area contributed by atoms with Gasteiger partial charge in [0.05, 0.1) is 6.10 Å². The summed E-state index contributed by atoms with van der Waals surface area (Å²) in [5.41, 5.74) is 1.11. The molecule has 0 saturated carbocycles. The Morgan fingerprint density at radius 2 is 1.57 bits per heavy atom. The first-order valence-electron chi connectivity index (χ1n) is 7.86. The van der Waals surface area contributed by atoms with Crippen LogP contribution in [0.3, 0.4) is 0 Å². The van der Waals surface area contributed by atoms with Crippen LogP contribution in [0.25, 0.3) is 0 Å². The predicted molar refractivity (Wildman–Crippen MR) is 87.1 cm³/mol. The van der Waals surface area contributed by atoms with Gasteiger partial charge in [-0.3, -0.25) is 4.79 Å². The molecule has 0 spiro atoms. The van der Waals surface area contributed by atoms with E-state index in [9.17, 15) is 9.90 Å². The zero-order valence-corrected chi connectivity index (χ0v) is 13.9. The van der Waals surface area contributed by atoms with E-state index in [2.05, 4.69) is 0 Å². The summed E-state index contributed by atoms with van der Waals surface area (Å²) in [7, 11) is 0. The van der Waals surface area contributed by atoms with Gasteiger partial charge in [0.2, 0.25) is 5.91 Å². The lowest BCUT2D eigenvalue weighted by atomic mass is 9.94. The summed E-state index contributed by atoms with van der Waals surface area (Å²) in [5.74, 6) is 0.0808. The van der Waals surface area contributed by atoms with Crippen LogP contribution < -0.4 is 0 Å². The third kappa shape index (κ3) is 5.50. The van der Waals surface area contributed by atoms with Gasteiger partial charge >= 0.3 is 0 Å². The SMILES string of the molecule is CC(C)N(C(=O)C[C@H](C)[C@@H](O)Cc1ccccc1)C(C)C. The number of carbonyl (C=O) groups excluding carboxylic acids is 1. The number of hydrogen-bond donors (Lipinski definition) is 1. The molecule has 118 valence electrons. The number of hydrogen-bond acceptors (Lipinski definition) is 2. The molecule has 0 fully saturated rings. The molecule has 2 atom stereocenters. The largest absolute Gasteiger partial charge is 0.392 e. The molecular weight excluding hydrogens is 262 g/mol. The van der Waals surface area contributed by atoms with Gasteiger partial charge in [0, 0.05) is 18.5 Å². The van der Waals surface area contributed by atoms with Crippen molar-refractivity contribution in [3.05, 3.63) is 35.9 Å². The van der Waals surface area contributed by atoms with Crippen LogP contribution in [-0.2, 0) is 11.2 Å². The summed E-state index contributed by atoms with van der Waals surface area (Å²) in [6, 6.07) is 10.3. The lowest BCUT2D eigenvalue weighted by molar-refractivity contribution is -0.136. The standard InChI is InChI=1S/C18H29NO2/c1-13(2)19(14(3)4)18(21)11-15(5)17(20)12-16-9-7-6-8-10-16/h6-10,13-15,17,20H,11-12H2,1-5H3/t15-,17-/m0/s1. The van der Waals surface area contributed by atoms with Gasteiger partial charge < -0.3 is 10.0 Å². The summed E-state index contributed by atoms with van der Waals surface area (Å²) in [6.07, 6.45) is 0.501. The lowest BCUT2D eigenvalue weighted by Gasteiger charge is -2.32. The summed E-state index contributed by atoms with van der Waals surface area (Å²) in [5, 5.41) is 10.3. The van der Waals surface area contributed by atoms with Gasteiger partial charge in [0.15, 0.2) is 0 Å². The first kappa shape index (κ1) is 17.7. The van der Waals surface area contributed by atoms with E-state index in [1.165, 1.54) is 0 Å². The van der Waals surface area contributed by atoms with E-state index in [0.717, 1.165) is 5.56 Å². The molecule has 1 aromatic rings. The number of rotatable bonds is 7. The number of carbonyl (C=O) groups is 1. The molecular formula is C18H29NO2. The second-order valence-corrected chi connectivity index (χ2v) is 6.43. The topological polar surface area (TPSA) is 40.5 Å². The molecule has 1 aromatic carbocycles. The summed E-state index contributed by atoms with van der Waals surface area (Å²) in [6.45, 7) is 10.1. The van der Waals surface area contributed by atoms with Crippen LogP contribution >= 0.6 is 0 Å². The fraction of sp³-hybridized carbons (Fsp3) is 0.611. The van der Waals surface area contributed by atoms with Crippen molar-refractivity contribution in [1.29, 1.82) is 0 Å². The van der Waals surface area contributed by atoms with Crippen LogP contribution in [0.4, 0.5) is 0 Å². The second kappa shape index (κ2) is 8.18. The molecule has 0 aliphatic heterocycles. The Morgan fingerprint density at radius 1 is 1.05 bits per heavy atom. The van der Waals surface area contributed by atoms with Crippen molar-refractivity contribution in [3.63, 3.8) is 0 Å². The number of aliphatic hydroxyl groups excluding tert-OH is 1. The van der Waals surface area contributed by atoms with Crippen molar-refractivity contribution in [2.45, 2.75) is 65.6 Å². The van der Waals surface area contributed by atoms with Crippen LogP contribution in [0.15, 0.2) is 30.3 Å². The number of amides is 1. The van der Waals surface area contributed by atoms with E-state index in [-0.39, 0.29) is 23.9 Å². The average Bonchev–Trinajstić information content (AvgIpc) is 2.38. The summed E-state index contributed by atoms with van der Waals surface area (Å²) < 4.78 is 0. The molecule has 3 heteroatoms. The van der Waals surface area contributed by atoms with Crippen molar-refractivity contribution >= 4 is 5.91 Å². The highest BCUT2D eigenvalue weighted by Gasteiger charge is 2.24. The van der Waals surface area contributed by atoms with Crippen LogP contribution in [-0.4, -0.2) is 34.1 Å². The molecule has 1 N–H and O–H groups in total. The summed E-state index contributed by atoms with van der Waals surface area (Å²) in [4.78, 5) is 14.3. The fourth-order valence-electron chi connectivity index (χ4n) is 2.75. The minimum atomic E-state index is -0.488. The molecule has 0 aliphatic carbocycles. The van der Waals surface area contributed by atoms with Crippen LogP contribution in [0, 0.1) is 5.92 Å². The Kier molecular flexibility index (Phi) is 6.90. The molecule has 0 unspecified atom stereocenters. The first-order chi connectivity index (χ1) is 9.82. The van der Waals surface area contributed by atoms with Crippen molar-refractivity contribution in [2.24, 2.45) is 5.92 Å². The zero-order chi connectivity index (χ0) is 16.0. The smallest absolute Gasteiger partial charge is 0.223 e. The monoisotopic (exact) mass is 291 g/mol. The second-order valence-electron chi connectivity index (χ2n) is 6.43. The minimum absolute atomic E-state index is 0.0438. The maximum absolute atomic E-state index is 12.4. The molecule has 0 bridgehead atoms. The van der Waals surface area contributed by atoms with Crippen molar-refractivity contribution in [2.75, 3.05) is 0 Å². The highest BCUT2D eigenvalue weighted by Crippen LogP contribution is 2.17. The maximum atomic E-state index is 12.4. The zero-order valence-electron chi connectivity index (χ0n) is 13.9. The normalized spacial score (nSPS) is 14.3. The van der Waals surface area contributed by atoms with Gasteiger partial charge in [-0.25, -0.2) is 0 Å². The number of aliphatic hydroxyl groups is 1. The van der Waals surface area contributed by atoms with Gasteiger partial charge in [0.1, 0.15) is 0 Å². The molecule has 0 aromatic heterocycles. The van der Waals surface area contributed by atoms with E-state index in [1.54, 1.807) is 0 Å². The van der Waals surface area contributed by atoms with E-state index in [1.807, 2.05) is 69.9 Å². The van der Waals surface area contributed by atoms with Gasteiger partial charge in [-0.05, 0) is 45.6 Å². The molecule has 21 heavy (non-hydrogen) atoms. The highest BCUT2D eigenvalue weighted by atomic mass is 16.3. The Labute approximate surface area is 129 Å². The number of nitrogens with zero attached hydrogens (tertiary/aromatic N) is 1. The van der Waals surface area contributed by atoms with Crippen LogP contribution in [0.5, 0.6) is 0 Å². The molecule has 3 nitrogen and oxygen atoms in total. The molecule has 0 radical (unpaired) electrons. The van der Waals surface area contributed by atoms with Gasteiger partial charge in [0.25, 0.3) is 0 Å². The molecule has 1 amide bonds. The van der Waals surface area contributed by atoms with E-state index in [0.29, 0.717) is 12.8 Å². The molecule has 0 aliphatic rings.